The van der Waals surface area contributed by atoms with Gasteiger partial charge in [0.05, 0.1) is 23.0 Å². The van der Waals surface area contributed by atoms with Crippen molar-refractivity contribution >= 4 is 34.7 Å². The van der Waals surface area contributed by atoms with Crippen LogP contribution in [0.15, 0.2) is 122 Å². The first-order valence-electron chi connectivity index (χ1n) is 12.4. The maximum atomic E-state index is 13.9. The van der Waals surface area contributed by atoms with Crippen LogP contribution in [0.5, 0.6) is 0 Å². The fourth-order valence-electron chi connectivity index (χ4n) is 5.68. The monoisotopic (exact) mass is 524 g/mol. The average molecular weight is 524 g/mol. The minimum atomic E-state index is -1.73. The summed E-state index contributed by atoms with van der Waals surface area (Å²) < 4.78 is 0. The molecule has 1 aliphatic heterocycles. The van der Waals surface area contributed by atoms with E-state index in [1.54, 1.807) is 72.8 Å². The third kappa shape index (κ3) is 3.11. The first-order valence-corrected chi connectivity index (χ1v) is 12.4. The molecular formula is C31H16N4O5. The number of hydrogen-bond donors (Lipinski definition) is 0. The zero-order valence-electron chi connectivity index (χ0n) is 20.6. The highest BCUT2D eigenvalue weighted by Gasteiger charge is 2.51. The summed E-state index contributed by atoms with van der Waals surface area (Å²) in [5.41, 5.74) is -0.321. The summed E-state index contributed by atoms with van der Waals surface area (Å²) in [6.45, 7) is 0. The second kappa shape index (κ2) is 8.47. The molecule has 1 atom stereocenters. The number of carbonyl (C=O) groups is 5. The second-order valence-electron chi connectivity index (χ2n) is 9.63. The number of ketones is 4. The highest BCUT2D eigenvalue weighted by Crippen LogP contribution is 2.46. The molecule has 3 aromatic rings. The Morgan fingerprint density at radius 2 is 1.30 bits per heavy atom. The lowest BCUT2D eigenvalue weighted by atomic mass is 9.68. The molecule has 0 saturated carbocycles. The van der Waals surface area contributed by atoms with Gasteiger partial charge in [0.25, 0.3) is 5.91 Å². The Hall–Kier alpha value is -5.57. The smallest absolute Gasteiger partial charge is 0.289 e. The Morgan fingerprint density at radius 1 is 0.675 bits per heavy atom. The van der Waals surface area contributed by atoms with E-state index < -0.39 is 23.0 Å². The number of nitrogens with zero attached hydrogens (tertiary/aromatic N) is 4. The van der Waals surface area contributed by atoms with Crippen molar-refractivity contribution in [3.8, 4) is 0 Å². The molecule has 0 fully saturated rings. The summed E-state index contributed by atoms with van der Waals surface area (Å²) in [5.74, 6) is -2.27. The number of azo groups is 2. The van der Waals surface area contributed by atoms with Crippen LogP contribution in [0.25, 0.3) is 0 Å². The van der Waals surface area contributed by atoms with E-state index in [9.17, 15) is 24.0 Å². The molecule has 3 aliphatic carbocycles. The summed E-state index contributed by atoms with van der Waals surface area (Å²) in [4.78, 5) is 67.0. The Labute approximate surface area is 226 Å². The molecule has 7 rings (SSSR count). The van der Waals surface area contributed by atoms with Gasteiger partial charge in [-0.25, -0.2) is 0 Å². The maximum absolute atomic E-state index is 13.9. The van der Waals surface area contributed by atoms with Crippen LogP contribution in [-0.4, -0.2) is 34.6 Å². The molecule has 1 amide bonds. The molecule has 1 unspecified atom stereocenters. The molecule has 0 bridgehead atoms. The van der Waals surface area contributed by atoms with E-state index in [1.165, 1.54) is 12.3 Å². The van der Waals surface area contributed by atoms with Crippen LogP contribution in [0, 0.1) is 0 Å². The number of amides is 1. The molecule has 0 N–H and O–H groups in total. The molecule has 9 heteroatoms. The molecule has 3 aromatic carbocycles. The minimum absolute atomic E-state index is 0.00750. The van der Waals surface area contributed by atoms with E-state index >= 15 is 0 Å². The van der Waals surface area contributed by atoms with E-state index in [-0.39, 0.29) is 68.2 Å². The lowest BCUT2D eigenvalue weighted by Gasteiger charge is -2.35. The second-order valence-corrected chi connectivity index (χ2v) is 9.63. The summed E-state index contributed by atoms with van der Waals surface area (Å²) in [7, 11) is 0. The maximum Gasteiger partial charge on any atom is 0.295 e. The zero-order chi connectivity index (χ0) is 27.6. The van der Waals surface area contributed by atoms with Crippen molar-refractivity contribution < 1.29 is 24.0 Å². The molecule has 40 heavy (non-hydrogen) atoms. The van der Waals surface area contributed by atoms with Crippen LogP contribution in [-0.2, 0) is 4.79 Å². The van der Waals surface area contributed by atoms with E-state index in [0.717, 1.165) is 0 Å². The fourth-order valence-corrected chi connectivity index (χ4v) is 5.68. The van der Waals surface area contributed by atoms with Crippen LogP contribution in [0.3, 0.4) is 0 Å². The molecule has 0 saturated heterocycles. The normalized spacial score (nSPS) is 21.0. The number of hydrogen-bond acceptors (Lipinski definition) is 8. The van der Waals surface area contributed by atoms with Crippen molar-refractivity contribution in [1.82, 2.24) is 0 Å². The van der Waals surface area contributed by atoms with Gasteiger partial charge in [0.15, 0.2) is 23.1 Å². The molecule has 0 spiro atoms. The SMILES string of the molecule is O=C1N=NC=C1C1(N=Nc2cccc3c2C(=O)c2ccccc2C3=O)CC=CC2=C1C(=O)c1ccccc1C2=O. The van der Waals surface area contributed by atoms with Gasteiger partial charge in [-0.05, 0) is 6.07 Å². The summed E-state index contributed by atoms with van der Waals surface area (Å²) in [6.07, 6.45) is 4.44. The first kappa shape index (κ1) is 23.5. The average Bonchev–Trinajstić information content (AvgIpc) is 3.43. The molecule has 0 radical (unpaired) electrons. The number of Topliss-reactive ketones (excluding diaryl/α,β-unsaturated/α-hetero) is 2. The van der Waals surface area contributed by atoms with Gasteiger partial charge >= 0.3 is 0 Å². The first-order chi connectivity index (χ1) is 19.4. The predicted molar refractivity (Wildman–Crippen MR) is 141 cm³/mol. The van der Waals surface area contributed by atoms with Crippen molar-refractivity contribution in [1.29, 1.82) is 0 Å². The van der Waals surface area contributed by atoms with Crippen molar-refractivity contribution in [3.05, 3.63) is 135 Å². The predicted octanol–water partition coefficient (Wildman–Crippen LogP) is 5.50. The van der Waals surface area contributed by atoms with Crippen LogP contribution in [0.2, 0.25) is 0 Å². The largest absolute Gasteiger partial charge is 0.295 e. The fraction of sp³-hybridized carbons (Fsp3) is 0.0645. The van der Waals surface area contributed by atoms with Crippen LogP contribution in [0.1, 0.15) is 59.0 Å². The van der Waals surface area contributed by atoms with E-state index in [2.05, 4.69) is 20.5 Å². The molecular weight excluding hydrogens is 508 g/mol. The van der Waals surface area contributed by atoms with Gasteiger partial charge in [-0.15, -0.1) is 5.11 Å². The van der Waals surface area contributed by atoms with E-state index in [0.29, 0.717) is 5.56 Å². The lowest BCUT2D eigenvalue weighted by Crippen LogP contribution is -2.42. The van der Waals surface area contributed by atoms with E-state index in [4.69, 9.17) is 0 Å². The quantitative estimate of drug-likeness (QED) is 0.326. The highest BCUT2D eigenvalue weighted by atomic mass is 16.2. The zero-order valence-corrected chi connectivity index (χ0v) is 20.6. The molecule has 4 aliphatic rings. The van der Waals surface area contributed by atoms with Crippen molar-refractivity contribution in [2.75, 3.05) is 0 Å². The summed E-state index contributed by atoms with van der Waals surface area (Å²) >= 11 is 0. The number of carbonyl (C=O) groups excluding carboxylic acids is 5. The summed E-state index contributed by atoms with van der Waals surface area (Å²) in [6, 6.07) is 17.6. The third-order valence-electron chi connectivity index (χ3n) is 7.54. The van der Waals surface area contributed by atoms with Crippen LogP contribution in [0.4, 0.5) is 5.69 Å². The Bertz CT molecular complexity index is 1930. The number of benzene rings is 3. The molecule has 9 nitrogen and oxygen atoms in total. The number of rotatable bonds is 3. The Kier molecular flexibility index (Phi) is 4.98. The molecule has 190 valence electrons. The van der Waals surface area contributed by atoms with Crippen molar-refractivity contribution in [2.45, 2.75) is 12.0 Å². The van der Waals surface area contributed by atoms with Crippen LogP contribution >= 0.6 is 0 Å². The van der Waals surface area contributed by atoms with Gasteiger partial charge in [-0.1, -0.05) is 72.8 Å². The molecule has 0 aromatic heterocycles. The van der Waals surface area contributed by atoms with Gasteiger partial charge in [0.1, 0.15) is 5.54 Å². The minimum Gasteiger partial charge on any atom is -0.289 e. The van der Waals surface area contributed by atoms with Crippen molar-refractivity contribution in [3.63, 3.8) is 0 Å². The number of allylic oxidation sites excluding steroid dienone is 2. The van der Waals surface area contributed by atoms with Gasteiger partial charge in [-0.2, -0.15) is 15.3 Å². The summed E-state index contributed by atoms with van der Waals surface area (Å²) in [5, 5.41) is 16.3. The van der Waals surface area contributed by atoms with Gasteiger partial charge in [-0.3, -0.25) is 24.0 Å². The van der Waals surface area contributed by atoms with Crippen LogP contribution < -0.4 is 0 Å². The number of fused-ring (bicyclic) bond motifs is 3. The van der Waals surface area contributed by atoms with Crippen molar-refractivity contribution in [2.24, 2.45) is 20.5 Å². The molecule has 1 heterocycles. The highest BCUT2D eigenvalue weighted by molar-refractivity contribution is 6.31. The third-order valence-corrected chi connectivity index (χ3v) is 7.54. The van der Waals surface area contributed by atoms with E-state index in [1.807, 2.05) is 0 Å². The standard InChI is InChI=1S/C31H16N4O5/c36-26-16-7-1-3-9-18(16)28(38)24-20(26)11-5-13-23(24)33-35-31(22-15-32-34-30(22)40)14-6-12-21-25(31)29(39)19-10-4-2-8-17(19)27(21)37/h1-13,15H,14H2. The van der Waals surface area contributed by atoms with Gasteiger partial charge < -0.3 is 0 Å². The Morgan fingerprint density at radius 3 is 1.98 bits per heavy atom. The lowest BCUT2D eigenvalue weighted by molar-refractivity contribution is -0.114. The van der Waals surface area contributed by atoms with Gasteiger partial charge in [0.2, 0.25) is 0 Å². The topological polar surface area (TPSA) is 135 Å². The Balaban J connectivity index is 1.43. The van der Waals surface area contributed by atoms with Gasteiger partial charge in [0, 0.05) is 45.4 Å².